The molecule has 0 aliphatic carbocycles. The number of fused-ring (bicyclic) bond motifs is 1. The van der Waals surface area contributed by atoms with E-state index in [1.54, 1.807) is 29.9 Å². The predicted octanol–water partition coefficient (Wildman–Crippen LogP) is 2.55. The first-order chi connectivity index (χ1) is 9.47. The molecule has 0 aliphatic heterocycles. The molecule has 3 heterocycles. The Labute approximate surface area is 124 Å². The van der Waals surface area contributed by atoms with E-state index in [1.165, 1.54) is 15.7 Å². The molecule has 0 amide bonds. The maximum Gasteiger partial charge on any atom is 0.282 e. The number of imidazole rings is 1. The predicted molar refractivity (Wildman–Crippen MR) is 77.9 cm³/mol. The largest absolute Gasteiger partial charge is 0.282 e. The SMILES string of the molecule is Cc1ccc(NS(=O)(=O)c2c(Cl)nc3sccn23)nc1. The number of thiazole rings is 1. The molecule has 0 aliphatic rings. The molecule has 3 aromatic heterocycles. The van der Waals surface area contributed by atoms with Crippen LogP contribution in [0.4, 0.5) is 5.82 Å². The van der Waals surface area contributed by atoms with Crippen molar-refractivity contribution in [2.24, 2.45) is 0 Å². The fraction of sp³-hybridized carbons (Fsp3) is 0.0909. The molecule has 0 unspecified atom stereocenters. The van der Waals surface area contributed by atoms with Gasteiger partial charge in [-0.15, -0.1) is 11.3 Å². The molecule has 6 nitrogen and oxygen atoms in total. The topological polar surface area (TPSA) is 76.4 Å². The lowest BCUT2D eigenvalue weighted by Gasteiger charge is -2.06. The second-order valence-electron chi connectivity index (χ2n) is 4.09. The number of aryl methyl sites for hydroxylation is 1. The van der Waals surface area contributed by atoms with Crippen molar-refractivity contribution in [1.29, 1.82) is 0 Å². The van der Waals surface area contributed by atoms with Crippen LogP contribution in [0.5, 0.6) is 0 Å². The van der Waals surface area contributed by atoms with E-state index in [0.29, 0.717) is 4.96 Å². The first-order valence-corrected chi connectivity index (χ1v) is 8.28. The van der Waals surface area contributed by atoms with E-state index in [1.807, 2.05) is 6.92 Å². The van der Waals surface area contributed by atoms with Gasteiger partial charge in [0.2, 0.25) is 0 Å². The Morgan fingerprint density at radius 2 is 2.20 bits per heavy atom. The van der Waals surface area contributed by atoms with Crippen LogP contribution in [-0.4, -0.2) is 22.8 Å². The van der Waals surface area contributed by atoms with Gasteiger partial charge in [0, 0.05) is 17.8 Å². The molecule has 20 heavy (non-hydrogen) atoms. The van der Waals surface area contributed by atoms with Crippen molar-refractivity contribution in [3.8, 4) is 0 Å². The third-order valence-corrected chi connectivity index (χ3v) is 5.09. The summed E-state index contributed by atoms with van der Waals surface area (Å²) in [5.41, 5.74) is 0.940. The second-order valence-corrected chi connectivity index (χ2v) is 6.92. The van der Waals surface area contributed by atoms with Crippen LogP contribution < -0.4 is 4.72 Å². The van der Waals surface area contributed by atoms with Gasteiger partial charge < -0.3 is 0 Å². The number of hydrogen-bond donors (Lipinski definition) is 1. The van der Waals surface area contributed by atoms with Gasteiger partial charge in [-0.05, 0) is 18.6 Å². The number of nitrogens with one attached hydrogen (secondary N) is 1. The van der Waals surface area contributed by atoms with Crippen LogP contribution in [0.2, 0.25) is 5.15 Å². The molecule has 0 saturated carbocycles. The van der Waals surface area contributed by atoms with Crippen molar-refractivity contribution >= 4 is 43.7 Å². The average molecular weight is 329 g/mol. The number of anilines is 1. The highest BCUT2D eigenvalue weighted by atomic mass is 35.5. The summed E-state index contributed by atoms with van der Waals surface area (Å²) in [5.74, 6) is 0.233. The average Bonchev–Trinajstić information content (AvgIpc) is 2.91. The van der Waals surface area contributed by atoms with E-state index in [-0.39, 0.29) is 16.0 Å². The fourth-order valence-electron chi connectivity index (χ4n) is 1.69. The lowest BCUT2D eigenvalue weighted by Crippen LogP contribution is -2.16. The van der Waals surface area contributed by atoms with Crippen molar-refractivity contribution in [2.45, 2.75) is 11.9 Å². The van der Waals surface area contributed by atoms with Crippen molar-refractivity contribution in [2.75, 3.05) is 4.72 Å². The second kappa shape index (κ2) is 4.72. The Kier molecular flexibility index (Phi) is 3.15. The number of rotatable bonds is 3. The van der Waals surface area contributed by atoms with Gasteiger partial charge in [-0.3, -0.25) is 9.12 Å². The third-order valence-electron chi connectivity index (χ3n) is 2.58. The minimum atomic E-state index is -3.85. The van der Waals surface area contributed by atoms with Crippen molar-refractivity contribution in [3.63, 3.8) is 0 Å². The summed E-state index contributed by atoms with van der Waals surface area (Å²) in [5, 5.41) is 1.59. The molecule has 104 valence electrons. The first kappa shape index (κ1) is 13.3. The van der Waals surface area contributed by atoms with Crippen LogP contribution in [-0.2, 0) is 10.0 Å². The Morgan fingerprint density at radius 3 is 2.90 bits per heavy atom. The van der Waals surface area contributed by atoms with Crippen LogP contribution in [0.25, 0.3) is 4.96 Å². The molecule has 1 N–H and O–H groups in total. The quantitative estimate of drug-likeness (QED) is 0.801. The van der Waals surface area contributed by atoms with Crippen LogP contribution >= 0.6 is 22.9 Å². The Hall–Kier alpha value is -1.64. The van der Waals surface area contributed by atoms with Crippen LogP contribution in [0.3, 0.4) is 0 Å². The smallest absolute Gasteiger partial charge is 0.278 e. The van der Waals surface area contributed by atoms with E-state index in [9.17, 15) is 8.42 Å². The molecular formula is C11H9ClN4O2S2. The van der Waals surface area contributed by atoms with Crippen molar-refractivity contribution in [1.82, 2.24) is 14.4 Å². The molecule has 0 bridgehead atoms. The molecule has 0 aromatic carbocycles. The zero-order valence-electron chi connectivity index (χ0n) is 10.2. The van der Waals surface area contributed by atoms with Gasteiger partial charge in [0.05, 0.1) is 0 Å². The Morgan fingerprint density at radius 1 is 1.40 bits per heavy atom. The highest BCUT2D eigenvalue weighted by Gasteiger charge is 2.25. The highest BCUT2D eigenvalue weighted by Crippen LogP contribution is 2.26. The van der Waals surface area contributed by atoms with Gasteiger partial charge in [0.25, 0.3) is 10.0 Å². The minimum absolute atomic E-state index is 0.0588. The summed E-state index contributed by atoms with van der Waals surface area (Å²) < 4.78 is 28.6. The molecule has 0 radical (unpaired) electrons. The highest BCUT2D eigenvalue weighted by molar-refractivity contribution is 7.92. The summed E-state index contributed by atoms with van der Waals surface area (Å²) in [6.45, 7) is 1.87. The van der Waals surface area contributed by atoms with Gasteiger partial charge in [0.1, 0.15) is 5.82 Å². The number of aromatic nitrogens is 3. The van der Waals surface area contributed by atoms with Gasteiger partial charge in [0.15, 0.2) is 15.1 Å². The van der Waals surface area contributed by atoms with Crippen LogP contribution in [0, 0.1) is 6.92 Å². The molecule has 0 spiro atoms. The summed E-state index contributed by atoms with van der Waals surface area (Å²) in [7, 11) is -3.85. The maximum atomic E-state index is 12.4. The minimum Gasteiger partial charge on any atom is -0.278 e. The molecule has 3 aromatic rings. The summed E-state index contributed by atoms with van der Waals surface area (Å²) >= 11 is 7.23. The monoisotopic (exact) mass is 328 g/mol. The number of sulfonamides is 1. The van der Waals surface area contributed by atoms with Crippen LogP contribution in [0.1, 0.15) is 5.56 Å². The van der Waals surface area contributed by atoms with E-state index < -0.39 is 10.0 Å². The lowest BCUT2D eigenvalue weighted by molar-refractivity contribution is 0.596. The van der Waals surface area contributed by atoms with Gasteiger partial charge in [-0.2, -0.15) is 8.42 Å². The van der Waals surface area contributed by atoms with Crippen molar-refractivity contribution in [3.05, 3.63) is 40.6 Å². The van der Waals surface area contributed by atoms with Gasteiger partial charge in [-0.25, -0.2) is 9.97 Å². The molecule has 0 fully saturated rings. The van der Waals surface area contributed by atoms with Gasteiger partial charge >= 0.3 is 0 Å². The summed E-state index contributed by atoms with van der Waals surface area (Å²) in [4.78, 5) is 8.53. The first-order valence-electron chi connectivity index (χ1n) is 5.54. The number of hydrogen-bond acceptors (Lipinski definition) is 5. The van der Waals surface area contributed by atoms with E-state index in [4.69, 9.17) is 11.6 Å². The zero-order chi connectivity index (χ0) is 14.3. The number of nitrogens with zero attached hydrogens (tertiary/aromatic N) is 3. The van der Waals surface area contributed by atoms with E-state index >= 15 is 0 Å². The molecular weight excluding hydrogens is 320 g/mol. The Bertz CT molecular complexity index is 868. The van der Waals surface area contributed by atoms with E-state index in [0.717, 1.165) is 5.56 Å². The maximum absolute atomic E-state index is 12.4. The normalized spacial score (nSPS) is 11.9. The molecule has 3 rings (SSSR count). The number of halogens is 1. The molecule has 0 atom stereocenters. The zero-order valence-corrected chi connectivity index (χ0v) is 12.6. The van der Waals surface area contributed by atoms with Crippen LogP contribution in [0.15, 0.2) is 34.9 Å². The summed E-state index contributed by atoms with van der Waals surface area (Å²) in [6, 6.07) is 3.36. The molecule has 0 saturated heterocycles. The summed E-state index contributed by atoms with van der Waals surface area (Å²) in [6.07, 6.45) is 3.19. The van der Waals surface area contributed by atoms with Gasteiger partial charge in [-0.1, -0.05) is 17.7 Å². The standard InChI is InChI=1S/C11H9ClN4O2S2/c1-7-2-3-8(13-6-7)15-20(17,18)10-9(12)14-11-16(10)4-5-19-11/h2-6H,1H3,(H,13,15). The third kappa shape index (κ3) is 2.26. The van der Waals surface area contributed by atoms with E-state index in [2.05, 4.69) is 14.7 Å². The lowest BCUT2D eigenvalue weighted by atomic mass is 10.3. The Balaban J connectivity index is 2.05. The fourth-order valence-corrected chi connectivity index (χ4v) is 4.16. The van der Waals surface area contributed by atoms with Crippen molar-refractivity contribution < 1.29 is 8.42 Å². The molecule has 9 heteroatoms. The number of pyridine rings is 1.